The molecular formula is C18H26N4O6. The van der Waals surface area contributed by atoms with E-state index in [4.69, 9.17) is 10.8 Å². The quantitative estimate of drug-likeness (QED) is 0.270. The zero-order valence-electron chi connectivity index (χ0n) is 15.7. The minimum atomic E-state index is -1.33. The number of aliphatic carboxylic acids is 1. The number of carbonyl (C=O) groups excluding carboxylic acids is 3. The van der Waals surface area contributed by atoms with Crippen molar-refractivity contribution in [3.05, 3.63) is 35.9 Å². The molecule has 0 saturated heterocycles. The molecule has 0 bridgehead atoms. The number of aliphatic hydroxyl groups excluding tert-OH is 1. The number of aliphatic hydroxyl groups is 1. The van der Waals surface area contributed by atoms with Crippen LogP contribution in [0, 0.1) is 0 Å². The highest BCUT2D eigenvalue weighted by Crippen LogP contribution is 2.05. The molecule has 1 rings (SSSR count). The monoisotopic (exact) mass is 394 g/mol. The summed E-state index contributed by atoms with van der Waals surface area (Å²) in [4.78, 5) is 47.4. The van der Waals surface area contributed by atoms with E-state index in [1.54, 1.807) is 30.3 Å². The summed E-state index contributed by atoms with van der Waals surface area (Å²) in [5, 5.41) is 25.6. The number of amides is 3. The molecular weight excluding hydrogens is 368 g/mol. The number of nitrogens with two attached hydrogens (primary N) is 1. The van der Waals surface area contributed by atoms with Gasteiger partial charge in [0.2, 0.25) is 17.7 Å². The summed E-state index contributed by atoms with van der Waals surface area (Å²) >= 11 is 0. The summed E-state index contributed by atoms with van der Waals surface area (Å²) in [5.41, 5.74) is 6.19. The van der Waals surface area contributed by atoms with Crippen LogP contribution in [-0.2, 0) is 25.6 Å². The van der Waals surface area contributed by atoms with Crippen molar-refractivity contribution in [2.45, 2.75) is 44.5 Å². The number of nitrogens with one attached hydrogen (secondary N) is 3. The highest BCUT2D eigenvalue weighted by atomic mass is 16.4. The topological polar surface area (TPSA) is 171 Å². The van der Waals surface area contributed by atoms with Gasteiger partial charge < -0.3 is 31.9 Å². The lowest BCUT2D eigenvalue weighted by Crippen LogP contribution is -2.59. The summed E-state index contributed by atoms with van der Waals surface area (Å²) in [7, 11) is 0. The fraction of sp³-hybridized carbons (Fsp3) is 0.444. The molecule has 3 amide bonds. The van der Waals surface area contributed by atoms with Crippen molar-refractivity contribution >= 4 is 23.7 Å². The van der Waals surface area contributed by atoms with Crippen LogP contribution in [0.3, 0.4) is 0 Å². The Labute approximate surface area is 162 Å². The molecule has 1 aromatic rings. The van der Waals surface area contributed by atoms with Crippen LogP contribution in [0.2, 0.25) is 0 Å². The van der Waals surface area contributed by atoms with Gasteiger partial charge in [-0.15, -0.1) is 0 Å². The molecule has 0 heterocycles. The molecule has 4 unspecified atom stereocenters. The van der Waals surface area contributed by atoms with Crippen LogP contribution in [0.5, 0.6) is 0 Å². The maximum absolute atomic E-state index is 12.6. The van der Waals surface area contributed by atoms with Crippen LogP contribution in [0.1, 0.15) is 19.4 Å². The van der Waals surface area contributed by atoms with Gasteiger partial charge in [0, 0.05) is 6.42 Å². The Hall–Kier alpha value is -2.98. The van der Waals surface area contributed by atoms with Gasteiger partial charge in [0.15, 0.2) is 0 Å². The SMILES string of the molecule is CC(N)C(=O)NC(C(=O)NC(Cc1ccccc1)C(=O)NCC(=O)O)C(C)O. The van der Waals surface area contributed by atoms with Gasteiger partial charge in [-0.2, -0.15) is 0 Å². The predicted octanol–water partition coefficient (Wildman–Crippen LogP) is -1.87. The van der Waals surface area contributed by atoms with Crippen LogP contribution < -0.4 is 21.7 Å². The Morgan fingerprint density at radius 1 is 1.00 bits per heavy atom. The first-order valence-corrected chi connectivity index (χ1v) is 8.69. The van der Waals surface area contributed by atoms with Gasteiger partial charge in [-0.25, -0.2) is 0 Å². The lowest BCUT2D eigenvalue weighted by molar-refractivity contribution is -0.138. The standard InChI is InChI=1S/C18H26N4O6/c1-10(19)16(26)22-15(11(2)23)18(28)21-13(17(27)20-9-14(24)25)8-12-6-4-3-5-7-12/h3-7,10-11,13,15,23H,8-9,19H2,1-2H3,(H,20,27)(H,21,28)(H,22,26)(H,24,25). The van der Waals surface area contributed by atoms with Crippen molar-refractivity contribution in [2.75, 3.05) is 6.54 Å². The van der Waals surface area contributed by atoms with Gasteiger partial charge in [0.25, 0.3) is 0 Å². The highest BCUT2D eigenvalue weighted by Gasteiger charge is 2.30. The predicted molar refractivity (Wildman–Crippen MR) is 100.0 cm³/mol. The first-order chi connectivity index (χ1) is 13.1. The third-order valence-electron chi connectivity index (χ3n) is 3.81. The van der Waals surface area contributed by atoms with E-state index in [-0.39, 0.29) is 6.42 Å². The molecule has 7 N–H and O–H groups in total. The van der Waals surface area contributed by atoms with Gasteiger partial charge in [-0.1, -0.05) is 30.3 Å². The number of carbonyl (C=O) groups is 4. The van der Waals surface area contributed by atoms with E-state index in [0.29, 0.717) is 0 Å². The van der Waals surface area contributed by atoms with Crippen molar-refractivity contribution < 1.29 is 29.4 Å². The minimum Gasteiger partial charge on any atom is -0.480 e. The Morgan fingerprint density at radius 3 is 2.11 bits per heavy atom. The number of carboxylic acids is 1. The molecule has 10 nitrogen and oxygen atoms in total. The first kappa shape index (κ1) is 23.1. The molecule has 0 fully saturated rings. The Morgan fingerprint density at radius 2 is 1.61 bits per heavy atom. The molecule has 0 radical (unpaired) electrons. The summed E-state index contributed by atoms with van der Waals surface area (Å²) in [6.45, 7) is 2.12. The van der Waals surface area contributed by atoms with Crippen molar-refractivity contribution in [2.24, 2.45) is 5.73 Å². The van der Waals surface area contributed by atoms with Crippen molar-refractivity contribution in [3.8, 4) is 0 Å². The van der Waals surface area contributed by atoms with Gasteiger partial charge in [-0.05, 0) is 19.4 Å². The second-order valence-corrected chi connectivity index (χ2v) is 6.38. The van der Waals surface area contributed by atoms with Gasteiger partial charge in [0.05, 0.1) is 12.1 Å². The van der Waals surface area contributed by atoms with E-state index in [9.17, 15) is 24.3 Å². The second-order valence-electron chi connectivity index (χ2n) is 6.38. The number of benzene rings is 1. The van der Waals surface area contributed by atoms with Gasteiger partial charge in [0.1, 0.15) is 18.6 Å². The molecule has 0 saturated carbocycles. The summed E-state index contributed by atoms with van der Waals surface area (Å²) in [5.74, 6) is -3.38. The lowest BCUT2D eigenvalue weighted by Gasteiger charge is -2.25. The number of rotatable bonds is 10. The first-order valence-electron chi connectivity index (χ1n) is 8.69. The molecule has 10 heteroatoms. The third kappa shape index (κ3) is 7.72. The zero-order valence-corrected chi connectivity index (χ0v) is 15.7. The summed E-state index contributed by atoms with van der Waals surface area (Å²) < 4.78 is 0. The zero-order chi connectivity index (χ0) is 21.3. The summed E-state index contributed by atoms with van der Waals surface area (Å²) in [6.07, 6.45) is -1.16. The molecule has 28 heavy (non-hydrogen) atoms. The molecule has 0 aromatic heterocycles. The molecule has 0 aliphatic heterocycles. The molecule has 154 valence electrons. The third-order valence-corrected chi connectivity index (χ3v) is 3.81. The van der Waals surface area contributed by atoms with Crippen LogP contribution in [0.25, 0.3) is 0 Å². The summed E-state index contributed by atoms with van der Waals surface area (Å²) in [6, 6.07) is 5.45. The van der Waals surface area contributed by atoms with E-state index < -0.39 is 54.5 Å². The second kappa shape index (κ2) is 11.0. The van der Waals surface area contributed by atoms with E-state index >= 15 is 0 Å². The highest BCUT2D eigenvalue weighted by molar-refractivity contribution is 5.94. The smallest absolute Gasteiger partial charge is 0.322 e. The van der Waals surface area contributed by atoms with Crippen molar-refractivity contribution in [1.82, 2.24) is 16.0 Å². The maximum Gasteiger partial charge on any atom is 0.322 e. The fourth-order valence-corrected chi connectivity index (χ4v) is 2.30. The van der Waals surface area contributed by atoms with Gasteiger partial charge >= 0.3 is 5.97 Å². The number of hydrogen-bond donors (Lipinski definition) is 6. The minimum absolute atomic E-state index is 0.0891. The Kier molecular flexibility index (Phi) is 9.06. The van der Waals surface area contributed by atoms with E-state index in [2.05, 4.69) is 16.0 Å². The van der Waals surface area contributed by atoms with E-state index in [1.807, 2.05) is 0 Å². The van der Waals surface area contributed by atoms with Crippen molar-refractivity contribution in [1.29, 1.82) is 0 Å². The molecule has 0 aliphatic carbocycles. The average molecular weight is 394 g/mol. The average Bonchev–Trinajstić information content (AvgIpc) is 2.63. The van der Waals surface area contributed by atoms with Crippen LogP contribution in [0.4, 0.5) is 0 Å². The Balaban J connectivity index is 2.94. The van der Waals surface area contributed by atoms with Crippen LogP contribution in [-0.4, -0.2) is 64.7 Å². The molecule has 1 aromatic carbocycles. The number of carboxylic acid groups (broad SMARTS) is 1. The lowest BCUT2D eigenvalue weighted by atomic mass is 10.0. The van der Waals surface area contributed by atoms with E-state index in [1.165, 1.54) is 13.8 Å². The van der Waals surface area contributed by atoms with Crippen LogP contribution >= 0.6 is 0 Å². The maximum atomic E-state index is 12.6. The molecule has 0 spiro atoms. The molecule has 0 aliphatic rings. The normalized spacial score (nSPS) is 14.9. The fourth-order valence-electron chi connectivity index (χ4n) is 2.30. The Bertz CT molecular complexity index is 693. The van der Waals surface area contributed by atoms with Gasteiger partial charge in [-0.3, -0.25) is 19.2 Å². The van der Waals surface area contributed by atoms with Crippen molar-refractivity contribution in [3.63, 3.8) is 0 Å². The number of hydrogen-bond acceptors (Lipinski definition) is 6. The molecule has 4 atom stereocenters. The largest absolute Gasteiger partial charge is 0.480 e. The van der Waals surface area contributed by atoms with E-state index in [0.717, 1.165) is 5.56 Å². The van der Waals surface area contributed by atoms with Crippen LogP contribution in [0.15, 0.2) is 30.3 Å².